The van der Waals surface area contributed by atoms with Crippen LogP contribution >= 0.6 is 0 Å². The Bertz CT molecular complexity index is 2310. The van der Waals surface area contributed by atoms with Crippen molar-refractivity contribution in [1.29, 1.82) is 0 Å². The van der Waals surface area contributed by atoms with Crippen molar-refractivity contribution in [3.63, 3.8) is 0 Å². The minimum atomic E-state index is -2.39. The van der Waals surface area contributed by atoms with Gasteiger partial charge in [-0.1, -0.05) is 0 Å². The Morgan fingerprint density at radius 1 is 0.372 bits per heavy atom. The maximum Gasteiger partial charge on any atom is 1.00 e. The first kappa shape index (κ1) is 73.6. The van der Waals surface area contributed by atoms with Gasteiger partial charge < -0.3 is 173 Å². The van der Waals surface area contributed by atoms with Gasteiger partial charge in [-0.25, -0.2) is 0 Å². The Morgan fingerprint density at radius 3 is 1.20 bits per heavy atom. The van der Waals surface area contributed by atoms with Crippen LogP contribution in [0.2, 0.25) is 0 Å². The van der Waals surface area contributed by atoms with Gasteiger partial charge in [-0.3, -0.25) is 0 Å². The fraction of sp³-hybridized carbons (Fsp3) is 0.837. The van der Waals surface area contributed by atoms with Crippen molar-refractivity contribution in [2.24, 2.45) is 0 Å². The summed E-state index contributed by atoms with van der Waals surface area (Å²) in [5.41, 5.74) is 0. The Kier molecular flexibility index (Phi) is 26.6. The number of carbonyl (C=O) groups is 2. The van der Waals surface area contributed by atoms with Gasteiger partial charge in [0.05, 0.1) is 50.1 Å². The van der Waals surface area contributed by atoms with E-state index in [-0.39, 0.29) is 64.9 Å². The Hall–Kier alpha value is -1.40. The van der Waals surface area contributed by atoms with E-state index in [1.165, 1.54) is 46.9 Å². The molecule has 0 saturated carbocycles. The topological polar surface area (TPSA) is 542 Å². The first-order chi connectivity index (χ1) is 39.6. The monoisotopic (exact) mass is 1270 g/mol. The molecule has 16 N–H and O–H groups in total. The molecule has 8 rings (SSSR count). The van der Waals surface area contributed by atoms with Crippen molar-refractivity contribution in [3.8, 4) is 11.5 Å². The SMILES string of the molecule is COc1ccc(O[C@@H]2O[C@@H](C)[C@H](O)[C@@H](O)[C@H]2O[C@@H]2O[C@H](CO)[C@H](O)[C@H](O[C@@H]3O[C@@H](C)[C@H](O)[C@@H](O)[C@H]3O[C@@H]3O[C@@H](C)[C@H](O)[C@@H](O[C@@H]4O[C@@H](C)[C@H](O[C@@H]5O[C@H](C(=O)[O-])[C@@H](O)[C@H](O)[C@H]5O)[C@@H](O[C@@H]5O[C@H](C(=O)[O-])[C@@H](O)[C@H](O)[C@H]5O)[C@H]4O)[C@H]3O)[C@H]2O)cc1.[Na+].[Na+]. The third kappa shape index (κ3) is 15.5. The second-order valence-corrected chi connectivity index (χ2v) is 21.3. The Morgan fingerprint density at radius 2 is 0.721 bits per heavy atom. The number of ether oxygens (including phenoxy) is 15. The van der Waals surface area contributed by atoms with Gasteiger partial charge in [0, 0.05) is 0 Å². The Balaban J connectivity index is 0.00000591. The molecule has 0 bridgehead atoms. The molecule has 86 heavy (non-hydrogen) atoms. The zero-order valence-electron chi connectivity index (χ0n) is 47.1. The summed E-state index contributed by atoms with van der Waals surface area (Å²) in [7, 11) is 1.44. The quantitative estimate of drug-likeness (QED) is 0.0607. The molecule has 7 saturated heterocycles. The molecule has 7 heterocycles. The molecule has 7 aliphatic heterocycles. The molecule has 7 aliphatic rings. The van der Waals surface area contributed by atoms with E-state index in [1.807, 2.05) is 0 Å². The first-order valence-electron chi connectivity index (χ1n) is 26.6. The molecule has 1 aromatic carbocycles. The van der Waals surface area contributed by atoms with E-state index in [1.54, 1.807) is 12.1 Å². The van der Waals surface area contributed by atoms with Crippen LogP contribution in [0.15, 0.2) is 24.3 Å². The van der Waals surface area contributed by atoms with E-state index in [0.29, 0.717) is 5.75 Å². The van der Waals surface area contributed by atoms with Crippen LogP contribution in [0, 0.1) is 0 Å². The van der Waals surface area contributed by atoms with E-state index in [4.69, 9.17) is 71.1 Å². The van der Waals surface area contributed by atoms with Crippen molar-refractivity contribution in [3.05, 3.63) is 24.3 Å². The molecule has 37 heteroatoms. The number of rotatable bonds is 18. The van der Waals surface area contributed by atoms with Gasteiger partial charge in [0.25, 0.3) is 0 Å². The van der Waals surface area contributed by atoms with Crippen molar-refractivity contribution in [2.75, 3.05) is 13.7 Å². The van der Waals surface area contributed by atoms with Crippen LogP contribution in [-0.2, 0) is 71.2 Å². The molecule has 35 atom stereocenters. The van der Waals surface area contributed by atoms with Gasteiger partial charge >= 0.3 is 59.1 Å². The number of benzene rings is 1. The molecule has 0 amide bonds. The van der Waals surface area contributed by atoms with E-state index in [2.05, 4.69) is 0 Å². The number of hydrogen-bond acceptors (Lipinski definition) is 35. The predicted molar refractivity (Wildman–Crippen MR) is 253 cm³/mol. The third-order valence-electron chi connectivity index (χ3n) is 15.6. The molecular weight excluding hydrogens is 1190 g/mol. The van der Waals surface area contributed by atoms with Crippen molar-refractivity contribution in [1.82, 2.24) is 0 Å². The summed E-state index contributed by atoms with van der Waals surface area (Å²) in [4.78, 5) is 23.7. The van der Waals surface area contributed by atoms with E-state index in [9.17, 15) is 102 Å². The molecule has 480 valence electrons. The number of carbonyl (C=O) groups excluding carboxylic acids is 2. The van der Waals surface area contributed by atoms with Crippen molar-refractivity contribution < 1.29 is 232 Å². The van der Waals surface area contributed by atoms with E-state index in [0.717, 1.165) is 0 Å². The van der Waals surface area contributed by atoms with E-state index < -0.39 is 233 Å². The summed E-state index contributed by atoms with van der Waals surface area (Å²) in [5, 5.41) is 201. The molecule has 0 aliphatic carbocycles. The van der Waals surface area contributed by atoms with Crippen LogP contribution in [0.3, 0.4) is 0 Å². The summed E-state index contributed by atoms with van der Waals surface area (Å²) in [6, 6.07) is 6.11. The van der Waals surface area contributed by atoms with E-state index >= 15 is 0 Å². The van der Waals surface area contributed by atoms with Gasteiger partial charge in [0.1, 0.15) is 152 Å². The summed E-state index contributed by atoms with van der Waals surface area (Å²) in [6.45, 7) is 4.16. The number of carboxylic acid groups (broad SMARTS) is 2. The number of hydrogen-bond donors (Lipinski definition) is 16. The maximum atomic E-state index is 12.0. The van der Waals surface area contributed by atoms with Gasteiger partial charge in [0.2, 0.25) is 6.29 Å². The van der Waals surface area contributed by atoms with Gasteiger partial charge in [0.15, 0.2) is 43.8 Å². The minimum Gasteiger partial charge on any atom is -0.547 e. The fourth-order valence-electron chi connectivity index (χ4n) is 10.6. The summed E-state index contributed by atoms with van der Waals surface area (Å²) in [5.74, 6) is -3.54. The molecule has 7 fully saturated rings. The molecule has 0 unspecified atom stereocenters. The smallest absolute Gasteiger partial charge is 0.547 e. The van der Waals surface area contributed by atoms with Crippen LogP contribution in [0.5, 0.6) is 11.5 Å². The van der Waals surface area contributed by atoms with Crippen LogP contribution < -0.4 is 78.8 Å². The van der Waals surface area contributed by atoms with Crippen LogP contribution in [0.1, 0.15) is 27.7 Å². The van der Waals surface area contributed by atoms with Crippen LogP contribution in [0.4, 0.5) is 0 Å². The first-order valence-corrected chi connectivity index (χ1v) is 26.6. The zero-order valence-corrected chi connectivity index (χ0v) is 51.1. The van der Waals surface area contributed by atoms with Gasteiger partial charge in [-0.05, 0) is 52.0 Å². The number of methoxy groups -OCH3 is 1. The largest absolute Gasteiger partial charge is 1.00 e. The second-order valence-electron chi connectivity index (χ2n) is 21.3. The maximum absolute atomic E-state index is 12.0. The number of aliphatic carboxylic acids is 2. The average Bonchev–Trinajstić information content (AvgIpc) is 1.92. The summed E-state index contributed by atoms with van der Waals surface area (Å²) in [6.07, 6.45) is -69.4. The molecular formula is C49H72Na2O35. The normalized spacial score (nSPS) is 49.1. The van der Waals surface area contributed by atoms with Gasteiger partial charge in [-0.2, -0.15) is 0 Å². The minimum absolute atomic E-state index is 0. The zero-order chi connectivity index (χ0) is 61.7. The van der Waals surface area contributed by atoms with Crippen molar-refractivity contribution in [2.45, 2.75) is 243 Å². The standard InChI is InChI=1S/C49H74O35.2Na/c1-11-18(51)24(57)39(48(72-11)75-16-8-6-15(70-5)7-9-16)84-47-31(64)35(21(54)17(10-50)76-47)79-49-40(25(58)19(52)12(2)73-49)83-45-30(63)34(20(53)13(3)71-45)78-46-32(65)36(80-44-29(62)23(56)27(60)38(82-44)42(68)69)33(14(4)74-46)77-43-28(61)22(55)26(59)37(81-43)41(66)67;;/h6-9,11-14,17-40,43-65H,10H2,1-5H3,(H,66,67)(H,68,69);;/q;2*+1/p-2/t11-,12-,13-,14-,17+,18-,19-,20-,21-,22-,23-,24+,25+,26-,27-,28+,29+,30+,31+,32+,33-,34+,35-,36-,37-,38-,39+,40+,43+,44+,45-,46-,47-,48-,49-;;/m0../s1. The molecule has 0 spiro atoms. The second kappa shape index (κ2) is 31.0. The fourth-order valence-corrected chi connectivity index (χ4v) is 10.6. The average molecular weight is 1270 g/mol. The third-order valence-corrected chi connectivity index (χ3v) is 15.6. The number of aliphatic hydroxyl groups is 16. The predicted octanol–water partition coefficient (Wildman–Crippen LogP) is -18.5. The van der Waals surface area contributed by atoms with Crippen LogP contribution in [0.25, 0.3) is 0 Å². The molecule has 0 aromatic heterocycles. The van der Waals surface area contributed by atoms with Crippen LogP contribution in [-0.4, -0.2) is 322 Å². The number of aliphatic hydroxyl groups excluding tert-OH is 16. The van der Waals surface area contributed by atoms with Gasteiger partial charge in [-0.15, -0.1) is 0 Å². The molecule has 35 nitrogen and oxygen atoms in total. The summed E-state index contributed by atoms with van der Waals surface area (Å²) < 4.78 is 86.1. The summed E-state index contributed by atoms with van der Waals surface area (Å²) >= 11 is 0. The Labute approximate surface area is 532 Å². The number of carboxylic acids is 2. The van der Waals surface area contributed by atoms with Crippen molar-refractivity contribution >= 4 is 11.9 Å². The molecule has 0 radical (unpaired) electrons. The molecule has 1 aromatic rings.